The molecule has 0 saturated carbocycles. The maximum atomic E-state index is 13.2. The summed E-state index contributed by atoms with van der Waals surface area (Å²) in [5.41, 5.74) is 1.91. The van der Waals surface area contributed by atoms with E-state index in [1.165, 1.54) is 33.1 Å². The van der Waals surface area contributed by atoms with Crippen LogP contribution in [0.3, 0.4) is 0 Å². The van der Waals surface area contributed by atoms with Crippen molar-refractivity contribution in [3.05, 3.63) is 69.5 Å². The minimum atomic E-state index is -0.498. The first-order chi connectivity index (χ1) is 16.0. The number of benzene rings is 2. The van der Waals surface area contributed by atoms with Crippen molar-refractivity contribution in [1.82, 2.24) is 9.55 Å². The van der Waals surface area contributed by atoms with Crippen LogP contribution in [0, 0.1) is 0 Å². The standard InChI is InChI=1S/C24H25N3O5S/c1-27-22-20(23(29)26-24(27)33-13-14-8-6-5-7-9-14)16(12-19(28)25-22)15-10-17(30-2)21(32-4)18(11-15)31-3/h5-11,16H,12-13H2,1-4H3,(H,25,28)/t16-/m1/s1. The lowest BCUT2D eigenvalue weighted by atomic mass is 9.86. The average Bonchev–Trinajstić information content (AvgIpc) is 2.84. The number of rotatable bonds is 7. The maximum Gasteiger partial charge on any atom is 0.279 e. The molecular formula is C24H25N3O5S. The van der Waals surface area contributed by atoms with Gasteiger partial charge < -0.3 is 24.1 Å². The van der Waals surface area contributed by atoms with Crippen LogP contribution in [0.2, 0.25) is 0 Å². The summed E-state index contributed by atoms with van der Waals surface area (Å²) in [6.07, 6.45) is 0.110. The maximum absolute atomic E-state index is 13.2. The second-order valence-electron chi connectivity index (χ2n) is 7.56. The molecule has 0 saturated heterocycles. The van der Waals surface area contributed by atoms with Crippen LogP contribution in [0.1, 0.15) is 29.0 Å². The molecule has 3 aromatic rings. The Morgan fingerprint density at radius 1 is 1.06 bits per heavy atom. The Kier molecular flexibility index (Phi) is 6.60. The van der Waals surface area contributed by atoms with E-state index >= 15 is 0 Å². The molecule has 1 amide bonds. The van der Waals surface area contributed by atoms with Crippen molar-refractivity contribution in [1.29, 1.82) is 0 Å². The van der Waals surface area contributed by atoms with E-state index in [0.717, 1.165) is 5.56 Å². The molecule has 4 rings (SSSR count). The summed E-state index contributed by atoms with van der Waals surface area (Å²) in [6.45, 7) is 0. The minimum Gasteiger partial charge on any atom is -0.493 e. The van der Waals surface area contributed by atoms with Crippen LogP contribution in [0.25, 0.3) is 0 Å². The largest absolute Gasteiger partial charge is 0.493 e. The third-order valence-electron chi connectivity index (χ3n) is 5.60. The fraction of sp³-hybridized carbons (Fsp3) is 0.292. The number of nitrogens with one attached hydrogen (secondary N) is 1. The van der Waals surface area contributed by atoms with E-state index in [4.69, 9.17) is 14.2 Å². The molecule has 0 aliphatic carbocycles. The number of aromatic nitrogens is 2. The predicted octanol–water partition coefficient (Wildman–Crippen LogP) is 3.57. The van der Waals surface area contributed by atoms with E-state index in [9.17, 15) is 9.59 Å². The number of fused-ring (bicyclic) bond motifs is 1. The molecule has 9 heteroatoms. The molecule has 172 valence electrons. The van der Waals surface area contributed by atoms with Gasteiger partial charge in [-0.05, 0) is 23.3 Å². The summed E-state index contributed by atoms with van der Waals surface area (Å²) in [6, 6.07) is 13.5. The van der Waals surface area contributed by atoms with Crippen LogP contribution >= 0.6 is 11.8 Å². The first-order valence-electron chi connectivity index (χ1n) is 10.3. The molecule has 0 spiro atoms. The van der Waals surface area contributed by atoms with E-state index in [1.54, 1.807) is 23.7 Å². The highest BCUT2D eigenvalue weighted by Gasteiger charge is 2.33. The van der Waals surface area contributed by atoms with Gasteiger partial charge >= 0.3 is 0 Å². The van der Waals surface area contributed by atoms with E-state index < -0.39 is 5.92 Å². The molecule has 0 radical (unpaired) electrons. The molecule has 0 fully saturated rings. The summed E-state index contributed by atoms with van der Waals surface area (Å²) >= 11 is 1.45. The summed E-state index contributed by atoms with van der Waals surface area (Å²) < 4.78 is 18.1. The van der Waals surface area contributed by atoms with Crippen LogP contribution in [0.5, 0.6) is 17.2 Å². The van der Waals surface area contributed by atoms with Gasteiger partial charge in [0.1, 0.15) is 5.82 Å². The zero-order valence-electron chi connectivity index (χ0n) is 18.9. The van der Waals surface area contributed by atoms with Gasteiger partial charge in [-0.15, -0.1) is 0 Å². The van der Waals surface area contributed by atoms with Crippen molar-refractivity contribution < 1.29 is 19.0 Å². The number of anilines is 1. The summed E-state index contributed by atoms with van der Waals surface area (Å²) in [5.74, 6) is 1.80. The first kappa shape index (κ1) is 22.7. The number of nitrogens with zero attached hydrogens (tertiary/aromatic N) is 2. The van der Waals surface area contributed by atoms with Crippen LogP contribution < -0.4 is 25.1 Å². The van der Waals surface area contributed by atoms with E-state index in [-0.39, 0.29) is 17.9 Å². The summed E-state index contributed by atoms with van der Waals surface area (Å²) in [5, 5.41) is 3.41. The van der Waals surface area contributed by atoms with Gasteiger partial charge in [0, 0.05) is 25.1 Å². The SMILES string of the molecule is COc1cc([C@H]2CC(=O)Nc3c2c(=O)nc(SCc2ccccc2)n3C)cc(OC)c1OC. The first-order valence-corrected chi connectivity index (χ1v) is 11.3. The Balaban J connectivity index is 1.77. The smallest absolute Gasteiger partial charge is 0.279 e. The molecule has 0 unspecified atom stereocenters. The molecule has 1 N–H and O–H groups in total. The van der Waals surface area contributed by atoms with Gasteiger partial charge in [-0.1, -0.05) is 42.1 Å². The van der Waals surface area contributed by atoms with Gasteiger partial charge in [-0.25, -0.2) is 0 Å². The number of amides is 1. The third-order valence-corrected chi connectivity index (χ3v) is 6.70. The Hall–Kier alpha value is -3.46. The molecule has 33 heavy (non-hydrogen) atoms. The van der Waals surface area contributed by atoms with E-state index in [0.29, 0.717) is 45.1 Å². The lowest BCUT2D eigenvalue weighted by Gasteiger charge is -2.28. The molecule has 0 bridgehead atoms. The van der Waals surface area contributed by atoms with Crippen molar-refractivity contribution in [3.8, 4) is 17.2 Å². The number of methoxy groups -OCH3 is 3. The molecule has 2 heterocycles. The van der Waals surface area contributed by atoms with Gasteiger partial charge in [-0.2, -0.15) is 4.98 Å². The number of carbonyl (C=O) groups excluding carboxylic acids is 1. The zero-order chi connectivity index (χ0) is 23.5. The lowest BCUT2D eigenvalue weighted by molar-refractivity contribution is -0.116. The average molecular weight is 468 g/mol. The van der Waals surface area contributed by atoms with Gasteiger partial charge in [0.15, 0.2) is 16.7 Å². The van der Waals surface area contributed by atoms with Crippen LogP contribution in [0.4, 0.5) is 5.82 Å². The number of thioether (sulfide) groups is 1. The van der Waals surface area contributed by atoms with Crippen molar-refractivity contribution in [2.45, 2.75) is 23.2 Å². The quantitative estimate of drug-likeness (QED) is 0.420. The zero-order valence-corrected chi connectivity index (χ0v) is 19.7. The molecular weight excluding hydrogens is 442 g/mol. The number of hydrogen-bond donors (Lipinski definition) is 1. The number of hydrogen-bond acceptors (Lipinski definition) is 7. The van der Waals surface area contributed by atoms with Crippen LogP contribution in [0.15, 0.2) is 52.4 Å². The van der Waals surface area contributed by atoms with Crippen molar-refractivity contribution in [3.63, 3.8) is 0 Å². The van der Waals surface area contributed by atoms with Crippen molar-refractivity contribution in [2.75, 3.05) is 26.6 Å². The third kappa shape index (κ3) is 4.41. The molecule has 8 nitrogen and oxygen atoms in total. The Bertz CT molecular complexity index is 1220. The Labute approximate surface area is 195 Å². The number of ether oxygens (including phenoxy) is 3. The molecule has 1 aromatic heterocycles. The molecule has 1 atom stereocenters. The Morgan fingerprint density at radius 3 is 2.33 bits per heavy atom. The fourth-order valence-electron chi connectivity index (χ4n) is 3.97. The topological polar surface area (TPSA) is 91.7 Å². The predicted molar refractivity (Wildman–Crippen MR) is 127 cm³/mol. The minimum absolute atomic E-state index is 0.110. The van der Waals surface area contributed by atoms with Gasteiger partial charge in [0.25, 0.3) is 5.56 Å². The Morgan fingerprint density at radius 2 is 1.73 bits per heavy atom. The van der Waals surface area contributed by atoms with Gasteiger partial charge in [0.05, 0.1) is 26.9 Å². The normalized spacial score (nSPS) is 14.9. The summed E-state index contributed by atoms with van der Waals surface area (Å²) in [7, 11) is 6.38. The van der Waals surface area contributed by atoms with Crippen LogP contribution in [-0.2, 0) is 17.6 Å². The molecule has 1 aliphatic heterocycles. The monoisotopic (exact) mass is 467 g/mol. The van der Waals surface area contributed by atoms with E-state index in [2.05, 4.69) is 10.3 Å². The highest BCUT2D eigenvalue weighted by Crippen LogP contribution is 2.44. The van der Waals surface area contributed by atoms with Gasteiger partial charge in [-0.3, -0.25) is 9.59 Å². The van der Waals surface area contributed by atoms with Crippen molar-refractivity contribution >= 4 is 23.5 Å². The summed E-state index contributed by atoms with van der Waals surface area (Å²) in [4.78, 5) is 30.2. The van der Waals surface area contributed by atoms with Crippen molar-refractivity contribution in [2.24, 2.45) is 7.05 Å². The second-order valence-corrected chi connectivity index (χ2v) is 8.50. The number of carbonyl (C=O) groups is 1. The highest BCUT2D eigenvalue weighted by atomic mass is 32.2. The highest BCUT2D eigenvalue weighted by molar-refractivity contribution is 7.98. The van der Waals surface area contributed by atoms with Crippen LogP contribution in [-0.4, -0.2) is 36.8 Å². The fourth-order valence-corrected chi connectivity index (χ4v) is 4.89. The van der Waals surface area contributed by atoms with Gasteiger partial charge in [0.2, 0.25) is 11.7 Å². The lowest BCUT2D eigenvalue weighted by Crippen LogP contribution is -2.33. The molecule has 2 aromatic carbocycles. The van der Waals surface area contributed by atoms with E-state index in [1.807, 2.05) is 30.3 Å². The molecule has 1 aliphatic rings. The second kappa shape index (κ2) is 9.58.